The van der Waals surface area contributed by atoms with Gasteiger partial charge in [0.05, 0.1) is 19.8 Å². The zero-order valence-corrected chi connectivity index (χ0v) is 15.6. The highest BCUT2D eigenvalue weighted by atomic mass is 19.3. The molecule has 3 atom stereocenters. The van der Waals surface area contributed by atoms with Crippen LogP contribution in [0.25, 0.3) is 0 Å². The summed E-state index contributed by atoms with van der Waals surface area (Å²) in [5.74, 6) is -4.49. The third-order valence-corrected chi connectivity index (χ3v) is 6.00. The van der Waals surface area contributed by atoms with E-state index >= 15 is 0 Å². The monoisotopic (exact) mass is 399 g/mol. The second kappa shape index (κ2) is 7.42. The second-order valence-electron chi connectivity index (χ2n) is 7.85. The molecule has 1 aliphatic heterocycles. The summed E-state index contributed by atoms with van der Waals surface area (Å²) < 4.78 is 51.5. The summed E-state index contributed by atoms with van der Waals surface area (Å²) in [5.41, 5.74) is 0.403. The van der Waals surface area contributed by atoms with Crippen LogP contribution < -0.4 is 20.1 Å². The molecule has 0 radical (unpaired) electrons. The van der Waals surface area contributed by atoms with Gasteiger partial charge in [-0.3, -0.25) is 4.79 Å². The van der Waals surface area contributed by atoms with Crippen molar-refractivity contribution in [2.24, 2.45) is 17.8 Å². The van der Waals surface area contributed by atoms with Crippen LogP contribution in [0.15, 0.2) is 6.07 Å². The van der Waals surface area contributed by atoms with E-state index in [4.69, 9.17) is 9.47 Å². The van der Waals surface area contributed by atoms with Gasteiger partial charge in [-0.25, -0.2) is 13.2 Å². The van der Waals surface area contributed by atoms with Gasteiger partial charge in [0, 0.05) is 23.9 Å². The third-order valence-electron chi connectivity index (χ3n) is 6.00. The minimum absolute atomic E-state index is 0.0142. The number of methoxy groups -OCH3 is 1. The first kappa shape index (κ1) is 19.3. The molecular formula is C19H24F3N3O3. The number of nitrogens with zero attached hydrogens (tertiary/aromatic N) is 1. The molecule has 0 aromatic carbocycles. The lowest BCUT2D eigenvalue weighted by atomic mass is 10.0. The van der Waals surface area contributed by atoms with Crippen molar-refractivity contribution >= 4 is 5.91 Å². The first-order valence-corrected chi connectivity index (χ1v) is 9.65. The van der Waals surface area contributed by atoms with Gasteiger partial charge in [-0.2, -0.15) is 4.98 Å². The van der Waals surface area contributed by atoms with Crippen LogP contribution in [0.2, 0.25) is 0 Å². The van der Waals surface area contributed by atoms with Crippen molar-refractivity contribution in [2.45, 2.75) is 44.2 Å². The van der Waals surface area contributed by atoms with Crippen molar-refractivity contribution in [2.75, 3.05) is 20.3 Å². The predicted molar refractivity (Wildman–Crippen MR) is 93.8 cm³/mol. The standard InChI is InChI=1S/C19H24F3N3O3/c1-27-17-11(8-24-16(26)15-3-2-4-23-15)7-14(20)18(25-17)28-9-10-5-12-13(6-10)19(12,21)22/h7,10,12-13,15,23H,2-6,8-9H2,1H3,(H,24,26). The number of nitrogens with one attached hydrogen (secondary N) is 2. The van der Waals surface area contributed by atoms with Crippen LogP contribution >= 0.6 is 0 Å². The van der Waals surface area contributed by atoms with Gasteiger partial charge in [0.15, 0.2) is 5.82 Å². The van der Waals surface area contributed by atoms with Gasteiger partial charge in [-0.1, -0.05) is 0 Å². The van der Waals surface area contributed by atoms with Gasteiger partial charge >= 0.3 is 0 Å². The Bertz CT molecular complexity index is 741. The largest absolute Gasteiger partial charge is 0.481 e. The predicted octanol–water partition coefficient (Wildman–Crippen LogP) is 2.27. The molecule has 1 aromatic heterocycles. The van der Waals surface area contributed by atoms with Crippen LogP contribution in [0.3, 0.4) is 0 Å². The zero-order chi connectivity index (χ0) is 19.9. The van der Waals surface area contributed by atoms with Crippen LogP contribution in [0, 0.1) is 23.6 Å². The number of alkyl halides is 2. The van der Waals surface area contributed by atoms with Crippen molar-refractivity contribution in [1.82, 2.24) is 15.6 Å². The lowest BCUT2D eigenvalue weighted by Crippen LogP contribution is -2.40. The third kappa shape index (κ3) is 3.64. The van der Waals surface area contributed by atoms with Crippen molar-refractivity contribution in [3.05, 3.63) is 17.4 Å². The number of aromatic nitrogens is 1. The highest BCUT2D eigenvalue weighted by molar-refractivity contribution is 5.82. The average molecular weight is 399 g/mol. The van der Waals surface area contributed by atoms with E-state index in [0.717, 1.165) is 19.4 Å². The molecule has 2 N–H and O–H groups in total. The highest BCUT2D eigenvalue weighted by Gasteiger charge is 2.71. The number of halogens is 3. The maximum atomic E-state index is 14.4. The highest BCUT2D eigenvalue weighted by Crippen LogP contribution is 2.65. The zero-order valence-electron chi connectivity index (χ0n) is 15.6. The molecule has 9 heteroatoms. The number of ether oxygens (including phenoxy) is 2. The molecule has 6 nitrogen and oxygen atoms in total. The quantitative estimate of drug-likeness (QED) is 0.736. The van der Waals surface area contributed by atoms with Crippen LogP contribution in [-0.4, -0.2) is 43.1 Å². The van der Waals surface area contributed by atoms with Crippen molar-refractivity contribution in [3.8, 4) is 11.8 Å². The molecule has 2 aliphatic carbocycles. The van der Waals surface area contributed by atoms with E-state index in [1.807, 2.05) is 0 Å². The van der Waals surface area contributed by atoms with Gasteiger partial charge in [-0.15, -0.1) is 0 Å². The van der Waals surface area contributed by atoms with Gasteiger partial charge in [0.1, 0.15) is 0 Å². The number of fused-ring (bicyclic) bond motifs is 1. The van der Waals surface area contributed by atoms with E-state index in [9.17, 15) is 18.0 Å². The first-order chi connectivity index (χ1) is 13.4. The summed E-state index contributed by atoms with van der Waals surface area (Å²) in [4.78, 5) is 16.1. The van der Waals surface area contributed by atoms with Crippen molar-refractivity contribution < 1.29 is 27.4 Å². The molecule has 0 spiro atoms. The molecule has 154 valence electrons. The Morgan fingerprint density at radius 2 is 2.11 bits per heavy atom. The normalized spacial score (nSPS) is 30.0. The Morgan fingerprint density at radius 3 is 2.75 bits per heavy atom. The first-order valence-electron chi connectivity index (χ1n) is 9.65. The average Bonchev–Trinajstić information content (AvgIpc) is 3.17. The molecule has 2 heterocycles. The maximum Gasteiger partial charge on any atom is 0.254 e. The number of carbonyl (C=O) groups is 1. The Kier molecular flexibility index (Phi) is 5.11. The fourth-order valence-electron chi connectivity index (χ4n) is 4.36. The van der Waals surface area contributed by atoms with E-state index in [0.29, 0.717) is 18.4 Å². The maximum absolute atomic E-state index is 14.4. The summed E-state index contributed by atoms with van der Waals surface area (Å²) in [6, 6.07) is 1.00. The lowest BCUT2D eigenvalue weighted by molar-refractivity contribution is -0.122. The fourth-order valence-corrected chi connectivity index (χ4v) is 4.36. The molecule has 1 amide bonds. The van der Waals surface area contributed by atoms with Crippen LogP contribution in [-0.2, 0) is 11.3 Å². The molecule has 2 saturated carbocycles. The Hall–Kier alpha value is -2.03. The summed E-state index contributed by atoms with van der Waals surface area (Å²) in [7, 11) is 1.40. The van der Waals surface area contributed by atoms with Crippen molar-refractivity contribution in [3.63, 3.8) is 0 Å². The molecule has 28 heavy (non-hydrogen) atoms. The molecule has 0 bridgehead atoms. The minimum Gasteiger partial charge on any atom is -0.481 e. The van der Waals surface area contributed by atoms with E-state index in [1.165, 1.54) is 13.2 Å². The summed E-state index contributed by atoms with van der Waals surface area (Å²) in [5, 5.41) is 5.85. The van der Waals surface area contributed by atoms with Crippen LogP contribution in [0.1, 0.15) is 31.2 Å². The SMILES string of the molecule is COc1nc(OCC2CC3C(C2)C3(F)F)c(F)cc1CNC(=O)C1CCCN1. The number of hydrogen-bond acceptors (Lipinski definition) is 5. The molecule has 3 fully saturated rings. The Labute approximate surface area is 161 Å². The number of carbonyl (C=O) groups excluding carboxylic acids is 1. The van der Waals surface area contributed by atoms with Gasteiger partial charge in [-0.05, 0) is 44.2 Å². The van der Waals surface area contributed by atoms with Crippen LogP contribution in [0.4, 0.5) is 13.2 Å². The van der Waals surface area contributed by atoms with Crippen molar-refractivity contribution in [1.29, 1.82) is 0 Å². The Morgan fingerprint density at radius 1 is 1.36 bits per heavy atom. The fraction of sp³-hybridized carbons (Fsp3) is 0.684. The van der Waals surface area contributed by atoms with E-state index in [-0.39, 0.29) is 42.8 Å². The number of amides is 1. The second-order valence-corrected chi connectivity index (χ2v) is 7.85. The topological polar surface area (TPSA) is 72.5 Å². The summed E-state index contributed by atoms with van der Waals surface area (Å²) in [6.07, 6.45) is 2.52. The molecule has 1 aromatic rings. The lowest BCUT2D eigenvalue weighted by Gasteiger charge is -2.17. The molecule has 1 saturated heterocycles. The molecule has 3 aliphatic rings. The summed E-state index contributed by atoms with van der Waals surface area (Å²) >= 11 is 0. The van der Waals surface area contributed by atoms with E-state index < -0.39 is 23.6 Å². The molecule has 3 unspecified atom stereocenters. The smallest absolute Gasteiger partial charge is 0.254 e. The van der Waals surface area contributed by atoms with E-state index in [1.54, 1.807) is 0 Å². The van der Waals surface area contributed by atoms with Crippen LogP contribution in [0.5, 0.6) is 11.8 Å². The molecular weight excluding hydrogens is 375 g/mol. The molecule has 4 rings (SSSR count). The number of pyridine rings is 1. The van der Waals surface area contributed by atoms with E-state index in [2.05, 4.69) is 15.6 Å². The minimum atomic E-state index is -2.52. The number of rotatable bonds is 7. The Balaban J connectivity index is 1.33. The van der Waals surface area contributed by atoms with Gasteiger partial charge in [0.25, 0.3) is 11.8 Å². The van der Waals surface area contributed by atoms with Gasteiger partial charge in [0.2, 0.25) is 11.8 Å². The van der Waals surface area contributed by atoms with Gasteiger partial charge < -0.3 is 20.1 Å². The number of hydrogen-bond donors (Lipinski definition) is 2. The summed E-state index contributed by atoms with van der Waals surface area (Å²) in [6.45, 7) is 1.05.